The highest BCUT2D eigenvalue weighted by Crippen LogP contribution is 2.44. The summed E-state index contributed by atoms with van der Waals surface area (Å²) in [5.41, 5.74) is 2.53. The van der Waals surface area contributed by atoms with E-state index in [-0.39, 0.29) is 36.0 Å². The van der Waals surface area contributed by atoms with Crippen molar-refractivity contribution < 1.29 is 42.0 Å². The number of nitrogens with one attached hydrogen (secondary N) is 1. The van der Waals surface area contributed by atoms with Gasteiger partial charge in [0.1, 0.15) is 12.4 Å². The molecule has 2 aromatic carbocycles. The van der Waals surface area contributed by atoms with Gasteiger partial charge in [-0.2, -0.15) is 13.2 Å². The maximum Gasteiger partial charge on any atom is 0.424 e. The number of rotatable bonds is 9. The predicted octanol–water partition coefficient (Wildman–Crippen LogP) is 3.57. The smallest absolute Gasteiger partial charge is 0.424 e. The molecule has 0 aliphatic heterocycles. The average molecular weight is 564 g/mol. The molecule has 8 nitrogen and oxygen atoms in total. The van der Waals surface area contributed by atoms with Crippen molar-refractivity contribution in [3.8, 4) is 22.8 Å². The van der Waals surface area contributed by atoms with Crippen molar-refractivity contribution in [2.45, 2.75) is 37.1 Å². The van der Waals surface area contributed by atoms with E-state index in [1.165, 1.54) is 37.4 Å². The molecular formula is C28H29F4N3O5. The number of nitrogens with zero attached hydrogens (tertiary/aromatic N) is 1. The molecule has 1 aliphatic carbocycles. The Morgan fingerprint density at radius 2 is 1.85 bits per heavy atom. The van der Waals surface area contributed by atoms with Crippen LogP contribution in [0.2, 0.25) is 0 Å². The van der Waals surface area contributed by atoms with Gasteiger partial charge >= 0.3 is 6.18 Å². The van der Waals surface area contributed by atoms with Gasteiger partial charge in [0.2, 0.25) is 5.60 Å². The number of aliphatic hydroxyl groups excluding tert-OH is 1. The van der Waals surface area contributed by atoms with Gasteiger partial charge in [0.25, 0.3) is 5.91 Å². The predicted molar refractivity (Wildman–Crippen MR) is 137 cm³/mol. The number of halogens is 4. The molecule has 1 aromatic heterocycles. The van der Waals surface area contributed by atoms with E-state index in [2.05, 4.69) is 10.3 Å². The highest BCUT2D eigenvalue weighted by molar-refractivity contribution is 5.95. The SMILES string of the molecule is COc1cc(C(=O)NCC(O)(c2cc3c(c(-c4ccc(F)cc4)n2)CCC3(C)N)C(F)(F)F)ccc1OCCO. The number of methoxy groups -OCH3 is 1. The molecule has 214 valence electrons. The molecule has 0 saturated heterocycles. The van der Waals surface area contributed by atoms with Gasteiger partial charge in [-0.1, -0.05) is 0 Å². The summed E-state index contributed by atoms with van der Waals surface area (Å²) in [5, 5.41) is 22.2. The zero-order chi connectivity index (χ0) is 29.3. The fourth-order valence-corrected chi connectivity index (χ4v) is 4.64. The molecule has 1 amide bonds. The van der Waals surface area contributed by atoms with Crippen LogP contribution in [-0.4, -0.2) is 54.1 Å². The van der Waals surface area contributed by atoms with E-state index in [1.807, 2.05) is 0 Å². The van der Waals surface area contributed by atoms with Crippen LogP contribution in [0.1, 0.15) is 40.5 Å². The minimum absolute atomic E-state index is 0.0317. The molecule has 1 heterocycles. The topological polar surface area (TPSA) is 127 Å². The van der Waals surface area contributed by atoms with E-state index in [0.29, 0.717) is 29.5 Å². The average Bonchev–Trinajstić information content (AvgIpc) is 3.23. The maximum atomic E-state index is 14.5. The number of nitrogens with two attached hydrogens (primary N) is 1. The van der Waals surface area contributed by atoms with E-state index in [9.17, 15) is 27.5 Å². The van der Waals surface area contributed by atoms with Crippen LogP contribution in [0, 0.1) is 5.82 Å². The first-order valence-corrected chi connectivity index (χ1v) is 12.4. The highest BCUT2D eigenvalue weighted by Gasteiger charge is 2.57. The summed E-state index contributed by atoms with van der Waals surface area (Å²) in [7, 11) is 1.31. The van der Waals surface area contributed by atoms with E-state index >= 15 is 0 Å². The molecular weight excluding hydrogens is 534 g/mol. The van der Waals surface area contributed by atoms with Gasteiger partial charge in [0, 0.05) is 16.7 Å². The van der Waals surface area contributed by atoms with Crippen LogP contribution in [0.3, 0.4) is 0 Å². The second kappa shape index (κ2) is 11.0. The lowest BCUT2D eigenvalue weighted by Gasteiger charge is -2.32. The minimum Gasteiger partial charge on any atom is -0.493 e. The Labute approximate surface area is 227 Å². The first kappa shape index (κ1) is 29.2. The number of aromatic nitrogens is 1. The molecule has 1 aliphatic rings. The molecule has 0 radical (unpaired) electrons. The number of carbonyl (C=O) groups excluding carboxylic acids is 1. The van der Waals surface area contributed by atoms with Crippen LogP contribution >= 0.6 is 0 Å². The summed E-state index contributed by atoms with van der Waals surface area (Å²) < 4.78 is 67.5. The first-order chi connectivity index (χ1) is 18.8. The lowest BCUT2D eigenvalue weighted by molar-refractivity contribution is -0.265. The lowest BCUT2D eigenvalue weighted by atomic mass is 9.89. The molecule has 2 atom stereocenters. The molecule has 2 unspecified atom stereocenters. The monoisotopic (exact) mass is 563 g/mol. The molecule has 12 heteroatoms. The van der Waals surface area contributed by atoms with Crippen LogP contribution in [0.25, 0.3) is 11.3 Å². The zero-order valence-electron chi connectivity index (χ0n) is 21.8. The first-order valence-electron chi connectivity index (χ1n) is 12.4. The van der Waals surface area contributed by atoms with Gasteiger partial charge in [-0.3, -0.25) is 4.79 Å². The fraction of sp³-hybridized carbons (Fsp3) is 0.357. The van der Waals surface area contributed by atoms with Crippen molar-refractivity contribution in [2.75, 3.05) is 26.9 Å². The van der Waals surface area contributed by atoms with Gasteiger partial charge in [-0.05, 0) is 79.4 Å². The van der Waals surface area contributed by atoms with Crippen molar-refractivity contribution in [3.05, 3.63) is 76.7 Å². The number of hydrogen-bond donors (Lipinski definition) is 4. The Hall–Kier alpha value is -3.74. The van der Waals surface area contributed by atoms with Gasteiger partial charge in [0.15, 0.2) is 11.5 Å². The normalized spacial score (nSPS) is 18.1. The minimum atomic E-state index is -5.25. The summed E-state index contributed by atoms with van der Waals surface area (Å²) >= 11 is 0. The van der Waals surface area contributed by atoms with Crippen LogP contribution in [0.5, 0.6) is 11.5 Å². The number of fused-ring (bicyclic) bond motifs is 1. The van der Waals surface area contributed by atoms with Crippen LogP contribution in [-0.2, 0) is 17.6 Å². The van der Waals surface area contributed by atoms with Gasteiger partial charge in [0.05, 0.1) is 31.6 Å². The molecule has 0 bridgehead atoms. The number of carbonyl (C=O) groups is 1. The highest BCUT2D eigenvalue weighted by atomic mass is 19.4. The maximum absolute atomic E-state index is 14.5. The Kier molecular flexibility index (Phi) is 8.06. The third kappa shape index (κ3) is 5.60. The number of alkyl halides is 3. The molecule has 3 aromatic rings. The lowest BCUT2D eigenvalue weighted by Crippen LogP contribution is -2.51. The number of ether oxygens (including phenoxy) is 2. The number of pyridine rings is 1. The third-order valence-corrected chi connectivity index (χ3v) is 6.92. The Morgan fingerprint density at radius 1 is 1.15 bits per heavy atom. The second-order valence-corrected chi connectivity index (χ2v) is 9.78. The van der Waals surface area contributed by atoms with Crippen LogP contribution < -0.4 is 20.5 Å². The molecule has 0 fully saturated rings. The fourth-order valence-electron chi connectivity index (χ4n) is 4.64. The van der Waals surface area contributed by atoms with Crippen molar-refractivity contribution in [2.24, 2.45) is 5.73 Å². The standard InChI is InChI=1S/C28H29F4N3O5/c1-26(33)10-9-19-20(26)14-23(35-24(19)16-3-6-18(29)7-4-16)27(38,28(30,31)32)15-34-25(37)17-5-8-21(40-12-11-36)22(13-17)39-2/h3-8,13-14,36,38H,9-12,15,33H2,1-2H3,(H,34,37). The van der Waals surface area contributed by atoms with Crippen molar-refractivity contribution in [3.63, 3.8) is 0 Å². The quantitative estimate of drug-likeness (QED) is 0.293. The molecule has 5 N–H and O–H groups in total. The van der Waals surface area contributed by atoms with Crippen LogP contribution in [0.4, 0.5) is 17.6 Å². The second-order valence-electron chi connectivity index (χ2n) is 9.78. The van der Waals surface area contributed by atoms with Crippen molar-refractivity contribution in [1.29, 1.82) is 0 Å². The summed E-state index contributed by atoms with van der Waals surface area (Å²) in [6, 6.07) is 10.2. The van der Waals surface area contributed by atoms with E-state index in [0.717, 1.165) is 18.2 Å². The molecule has 4 rings (SSSR count). The van der Waals surface area contributed by atoms with E-state index < -0.39 is 41.3 Å². The van der Waals surface area contributed by atoms with Gasteiger partial charge in [-0.25, -0.2) is 9.37 Å². The zero-order valence-corrected chi connectivity index (χ0v) is 21.8. The largest absolute Gasteiger partial charge is 0.493 e. The molecule has 0 saturated carbocycles. The van der Waals surface area contributed by atoms with Crippen molar-refractivity contribution >= 4 is 5.91 Å². The third-order valence-electron chi connectivity index (χ3n) is 6.92. The Balaban J connectivity index is 1.71. The van der Waals surface area contributed by atoms with Gasteiger partial charge in [-0.15, -0.1) is 0 Å². The summed E-state index contributed by atoms with van der Waals surface area (Å²) in [4.78, 5) is 17.1. The summed E-state index contributed by atoms with van der Waals surface area (Å²) in [6.45, 7) is 0.128. The van der Waals surface area contributed by atoms with E-state index in [1.54, 1.807) is 6.92 Å². The Morgan fingerprint density at radius 3 is 2.48 bits per heavy atom. The molecule has 40 heavy (non-hydrogen) atoms. The molecule has 0 spiro atoms. The number of amides is 1. The van der Waals surface area contributed by atoms with Crippen molar-refractivity contribution in [1.82, 2.24) is 10.3 Å². The number of benzene rings is 2. The summed E-state index contributed by atoms with van der Waals surface area (Å²) in [5.74, 6) is -1.10. The van der Waals surface area contributed by atoms with E-state index in [4.69, 9.17) is 20.3 Å². The number of hydrogen-bond acceptors (Lipinski definition) is 7. The van der Waals surface area contributed by atoms with Gasteiger partial charge < -0.3 is 30.7 Å². The van der Waals surface area contributed by atoms with Crippen LogP contribution in [0.15, 0.2) is 48.5 Å². The summed E-state index contributed by atoms with van der Waals surface area (Å²) in [6.07, 6.45) is -4.38. The number of aliphatic hydroxyl groups is 2. The Bertz CT molecular complexity index is 1400.